The maximum absolute atomic E-state index is 13.3. The molecule has 1 aromatic carbocycles. The number of hydrogen-bond donors (Lipinski definition) is 1. The number of carbonyl (C=O) groups excluding carboxylic acids is 2. The van der Waals surface area contributed by atoms with Crippen LogP contribution in [0.15, 0.2) is 28.7 Å². The molecule has 0 aliphatic heterocycles. The number of esters is 2. The first-order valence-corrected chi connectivity index (χ1v) is 10.5. The van der Waals surface area contributed by atoms with Crippen LogP contribution in [0.5, 0.6) is 0 Å². The van der Waals surface area contributed by atoms with Crippen molar-refractivity contribution in [3.05, 3.63) is 45.5 Å². The Bertz CT molecular complexity index is 1050. The molecule has 0 saturated heterocycles. The highest BCUT2D eigenvalue weighted by Crippen LogP contribution is 2.39. The minimum atomic E-state index is -0.843. The number of non-ortho nitro benzene ring substituents is 1. The number of hydrogen-bond acceptors (Lipinski definition) is 8. The first-order valence-electron chi connectivity index (χ1n) is 10.5. The van der Waals surface area contributed by atoms with Crippen molar-refractivity contribution < 1.29 is 28.4 Å². The summed E-state index contributed by atoms with van der Waals surface area (Å²) in [7, 11) is 0. The van der Waals surface area contributed by atoms with Gasteiger partial charge in [-0.3, -0.25) is 10.1 Å². The Morgan fingerprint density at radius 1 is 0.848 bits per heavy atom. The second kappa shape index (κ2) is 8.88. The molecule has 1 aromatic heterocycles. The largest absolute Gasteiger partial charge is 0.456 e. The smallest absolute Gasteiger partial charge is 0.345 e. The molecule has 180 valence electrons. The summed E-state index contributed by atoms with van der Waals surface area (Å²) in [5.41, 5.74) is -2.15. The molecule has 0 unspecified atom stereocenters. The van der Waals surface area contributed by atoms with Crippen LogP contribution in [0.25, 0.3) is 11.3 Å². The Kier molecular flexibility index (Phi) is 6.97. The third kappa shape index (κ3) is 7.06. The predicted octanol–water partition coefficient (Wildman–Crippen LogP) is 5.98. The molecular weight excluding hydrogens is 428 g/mol. The summed E-state index contributed by atoms with van der Waals surface area (Å²) in [5, 5.41) is 14.2. The summed E-state index contributed by atoms with van der Waals surface area (Å²) >= 11 is 0. The number of nitro benzene ring substituents is 1. The van der Waals surface area contributed by atoms with E-state index in [-0.39, 0.29) is 28.5 Å². The Morgan fingerprint density at radius 3 is 1.70 bits per heavy atom. The Labute approximate surface area is 193 Å². The van der Waals surface area contributed by atoms with E-state index >= 15 is 0 Å². The number of nitrogens with one attached hydrogen (secondary N) is 1. The summed E-state index contributed by atoms with van der Waals surface area (Å²) in [6, 6.07) is 5.48. The van der Waals surface area contributed by atoms with Gasteiger partial charge >= 0.3 is 11.9 Å². The van der Waals surface area contributed by atoms with Crippen LogP contribution in [-0.2, 0) is 9.47 Å². The Hall–Kier alpha value is -3.36. The fourth-order valence-electron chi connectivity index (χ4n) is 2.85. The standard InChI is InChI=1S/C24H32N2O7/c1-22(2,3)25-19-17(21(28)33-24(7,8)9)16(20(27)32-23(4,5)6)18(31-19)14-10-12-15(13-11-14)26(29)30/h10-13,25H,1-9H3. The van der Waals surface area contributed by atoms with E-state index in [0.717, 1.165) is 0 Å². The van der Waals surface area contributed by atoms with E-state index < -0.39 is 33.6 Å². The summed E-state index contributed by atoms with van der Waals surface area (Å²) in [6.07, 6.45) is 0. The molecule has 0 saturated carbocycles. The molecule has 0 aliphatic rings. The Balaban J connectivity index is 2.80. The molecule has 0 aliphatic carbocycles. The molecule has 2 aromatic rings. The van der Waals surface area contributed by atoms with E-state index in [1.54, 1.807) is 41.5 Å². The molecule has 0 spiro atoms. The second-order valence-electron chi connectivity index (χ2n) is 10.7. The minimum absolute atomic E-state index is 0.0472. The van der Waals surface area contributed by atoms with Gasteiger partial charge in [0.2, 0.25) is 5.88 Å². The van der Waals surface area contributed by atoms with Crippen molar-refractivity contribution in [2.24, 2.45) is 0 Å². The van der Waals surface area contributed by atoms with Crippen LogP contribution < -0.4 is 5.32 Å². The van der Waals surface area contributed by atoms with Gasteiger partial charge in [0, 0.05) is 23.2 Å². The van der Waals surface area contributed by atoms with Gasteiger partial charge in [-0.05, 0) is 74.4 Å². The molecule has 1 N–H and O–H groups in total. The van der Waals surface area contributed by atoms with Crippen LogP contribution in [0.3, 0.4) is 0 Å². The fraction of sp³-hybridized carbons (Fsp3) is 0.500. The number of benzene rings is 1. The third-order valence-corrected chi connectivity index (χ3v) is 3.94. The van der Waals surface area contributed by atoms with Gasteiger partial charge in [0.1, 0.15) is 22.3 Å². The first kappa shape index (κ1) is 25.9. The maximum atomic E-state index is 13.3. The van der Waals surface area contributed by atoms with E-state index in [4.69, 9.17) is 13.9 Å². The molecule has 33 heavy (non-hydrogen) atoms. The number of furan rings is 1. The van der Waals surface area contributed by atoms with Crippen molar-refractivity contribution in [3.63, 3.8) is 0 Å². The van der Waals surface area contributed by atoms with E-state index in [0.29, 0.717) is 5.56 Å². The van der Waals surface area contributed by atoms with E-state index in [1.807, 2.05) is 20.8 Å². The molecule has 2 rings (SSSR count). The number of rotatable bonds is 5. The maximum Gasteiger partial charge on any atom is 0.345 e. The second-order valence-corrected chi connectivity index (χ2v) is 10.7. The molecule has 0 atom stereocenters. The van der Waals surface area contributed by atoms with Gasteiger partial charge in [0.25, 0.3) is 5.69 Å². The SMILES string of the molecule is CC(C)(C)Nc1oc(-c2ccc([N+](=O)[O-])cc2)c(C(=O)OC(C)(C)C)c1C(=O)OC(C)(C)C. The van der Waals surface area contributed by atoms with Crippen LogP contribution in [0.2, 0.25) is 0 Å². The number of nitrogens with zero attached hydrogens (tertiary/aromatic N) is 1. The highest BCUT2D eigenvalue weighted by atomic mass is 16.6. The highest BCUT2D eigenvalue weighted by Gasteiger charge is 2.37. The van der Waals surface area contributed by atoms with Gasteiger partial charge in [-0.2, -0.15) is 0 Å². The predicted molar refractivity (Wildman–Crippen MR) is 125 cm³/mol. The van der Waals surface area contributed by atoms with E-state index in [9.17, 15) is 19.7 Å². The van der Waals surface area contributed by atoms with Gasteiger partial charge < -0.3 is 19.2 Å². The van der Waals surface area contributed by atoms with Crippen molar-refractivity contribution in [2.45, 2.75) is 79.1 Å². The number of nitro groups is 1. The molecule has 0 amide bonds. The third-order valence-electron chi connectivity index (χ3n) is 3.94. The lowest BCUT2D eigenvalue weighted by Gasteiger charge is -2.23. The monoisotopic (exact) mass is 460 g/mol. The lowest BCUT2D eigenvalue weighted by molar-refractivity contribution is -0.384. The lowest BCUT2D eigenvalue weighted by Crippen LogP contribution is -2.30. The van der Waals surface area contributed by atoms with Crippen LogP contribution in [-0.4, -0.2) is 33.6 Å². The molecule has 1 heterocycles. The summed E-state index contributed by atoms with van der Waals surface area (Å²) in [6.45, 7) is 15.9. The van der Waals surface area contributed by atoms with E-state index in [2.05, 4.69) is 5.32 Å². The van der Waals surface area contributed by atoms with Gasteiger partial charge in [0.15, 0.2) is 5.76 Å². The quantitative estimate of drug-likeness (QED) is 0.329. The van der Waals surface area contributed by atoms with Gasteiger partial charge in [-0.1, -0.05) is 0 Å². The zero-order valence-electron chi connectivity index (χ0n) is 20.6. The van der Waals surface area contributed by atoms with Gasteiger partial charge in [-0.25, -0.2) is 9.59 Å². The average Bonchev–Trinajstić information content (AvgIpc) is 2.96. The van der Waals surface area contributed by atoms with E-state index in [1.165, 1.54) is 24.3 Å². The zero-order valence-corrected chi connectivity index (χ0v) is 20.6. The summed E-state index contributed by atoms with van der Waals surface area (Å²) in [4.78, 5) is 37.0. The summed E-state index contributed by atoms with van der Waals surface area (Å²) in [5.74, 6) is -1.44. The summed E-state index contributed by atoms with van der Waals surface area (Å²) < 4.78 is 17.1. The molecule has 0 bridgehead atoms. The molecule has 0 radical (unpaired) electrons. The fourth-order valence-corrected chi connectivity index (χ4v) is 2.85. The number of anilines is 1. The topological polar surface area (TPSA) is 121 Å². The van der Waals surface area contributed by atoms with Crippen LogP contribution >= 0.6 is 0 Å². The Morgan fingerprint density at radius 2 is 1.30 bits per heavy atom. The number of carbonyl (C=O) groups is 2. The lowest BCUT2D eigenvalue weighted by atomic mass is 10.0. The highest BCUT2D eigenvalue weighted by molar-refractivity contribution is 6.10. The number of ether oxygens (including phenoxy) is 2. The van der Waals surface area contributed by atoms with Gasteiger partial charge in [-0.15, -0.1) is 0 Å². The van der Waals surface area contributed by atoms with Crippen molar-refractivity contribution in [1.82, 2.24) is 0 Å². The van der Waals surface area contributed by atoms with Crippen molar-refractivity contribution >= 4 is 23.5 Å². The minimum Gasteiger partial charge on any atom is -0.456 e. The van der Waals surface area contributed by atoms with Crippen LogP contribution in [0.4, 0.5) is 11.6 Å². The first-order chi connectivity index (χ1) is 14.9. The molecule has 9 heteroatoms. The van der Waals surface area contributed by atoms with Crippen molar-refractivity contribution in [3.8, 4) is 11.3 Å². The molecule has 9 nitrogen and oxygen atoms in total. The average molecular weight is 461 g/mol. The van der Waals surface area contributed by atoms with Gasteiger partial charge in [0.05, 0.1) is 4.92 Å². The van der Waals surface area contributed by atoms with Crippen molar-refractivity contribution in [2.75, 3.05) is 5.32 Å². The zero-order chi connectivity index (χ0) is 25.4. The van der Waals surface area contributed by atoms with Crippen LogP contribution in [0, 0.1) is 10.1 Å². The molecular formula is C24H32N2O7. The van der Waals surface area contributed by atoms with Crippen LogP contribution in [0.1, 0.15) is 83.0 Å². The normalized spacial score (nSPS) is 12.3. The van der Waals surface area contributed by atoms with Crippen molar-refractivity contribution in [1.29, 1.82) is 0 Å². The molecule has 0 fully saturated rings.